The molecule has 17 heavy (non-hydrogen) atoms. The Kier molecular flexibility index (Phi) is 3.34. The molecule has 2 rings (SSSR count). The summed E-state index contributed by atoms with van der Waals surface area (Å²) in [5.74, 6) is -0.619. The average molecular weight is 252 g/mol. The molecule has 0 saturated heterocycles. The van der Waals surface area contributed by atoms with E-state index in [1.165, 1.54) is 30.6 Å². The number of hydrogen-bond donors (Lipinski definition) is 1. The normalized spacial score (nSPS) is 10.0. The number of thiazole rings is 1. The fourth-order valence-electron chi connectivity index (χ4n) is 1.31. The number of anilines is 1. The number of amides is 1. The molecule has 0 unspecified atom stereocenters. The van der Waals surface area contributed by atoms with Crippen LogP contribution in [0.5, 0.6) is 5.75 Å². The molecule has 1 aromatic carbocycles. The van der Waals surface area contributed by atoms with E-state index in [0.29, 0.717) is 10.9 Å². The molecule has 0 aliphatic heterocycles. The van der Waals surface area contributed by atoms with Gasteiger partial charge < -0.3 is 4.74 Å². The van der Waals surface area contributed by atoms with Crippen molar-refractivity contribution in [3.63, 3.8) is 0 Å². The number of hydrogen-bond acceptors (Lipinski definition) is 4. The summed E-state index contributed by atoms with van der Waals surface area (Å²) in [5, 5.41) is 4.76. The standard InChI is InChI=1S/C11H9FN2O2S/c1-16-9-3-2-7(12)6-8(9)10(15)14-11-13-4-5-17-11/h2-6H,1H3,(H,13,14,15). The highest BCUT2D eigenvalue weighted by Gasteiger charge is 2.14. The summed E-state index contributed by atoms with van der Waals surface area (Å²) >= 11 is 1.29. The Balaban J connectivity index is 2.26. The highest BCUT2D eigenvalue weighted by molar-refractivity contribution is 7.13. The van der Waals surface area contributed by atoms with Crippen molar-refractivity contribution in [2.75, 3.05) is 12.4 Å². The Morgan fingerprint density at radius 2 is 2.35 bits per heavy atom. The Labute approximate surface area is 101 Å². The molecule has 0 atom stereocenters. The van der Waals surface area contributed by atoms with Crippen LogP contribution in [0.15, 0.2) is 29.8 Å². The van der Waals surface area contributed by atoms with Crippen molar-refractivity contribution in [2.24, 2.45) is 0 Å². The molecule has 1 aromatic heterocycles. The number of carbonyl (C=O) groups excluding carboxylic acids is 1. The van der Waals surface area contributed by atoms with Crippen molar-refractivity contribution < 1.29 is 13.9 Å². The molecule has 6 heteroatoms. The van der Waals surface area contributed by atoms with E-state index in [-0.39, 0.29) is 5.56 Å². The fourth-order valence-corrected chi connectivity index (χ4v) is 1.83. The van der Waals surface area contributed by atoms with E-state index >= 15 is 0 Å². The van der Waals surface area contributed by atoms with Gasteiger partial charge in [0.2, 0.25) is 0 Å². The number of methoxy groups -OCH3 is 1. The fraction of sp³-hybridized carbons (Fsp3) is 0.0909. The number of rotatable bonds is 3. The first kappa shape index (κ1) is 11.5. The maximum absolute atomic E-state index is 13.1. The van der Waals surface area contributed by atoms with E-state index < -0.39 is 11.7 Å². The number of halogens is 1. The predicted octanol–water partition coefficient (Wildman–Crippen LogP) is 2.54. The second-order valence-electron chi connectivity index (χ2n) is 3.14. The third-order valence-corrected chi connectivity index (χ3v) is 2.75. The first-order valence-corrected chi connectivity index (χ1v) is 5.63. The smallest absolute Gasteiger partial charge is 0.261 e. The van der Waals surface area contributed by atoms with Crippen LogP contribution in [0, 0.1) is 5.82 Å². The molecule has 4 nitrogen and oxygen atoms in total. The van der Waals surface area contributed by atoms with Crippen LogP contribution in [0.2, 0.25) is 0 Å². The summed E-state index contributed by atoms with van der Waals surface area (Å²) in [5.41, 5.74) is 0.141. The molecule has 0 fully saturated rings. The number of nitrogens with zero attached hydrogens (tertiary/aromatic N) is 1. The Bertz CT molecular complexity index is 528. The molecule has 0 aliphatic rings. The van der Waals surface area contributed by atoms with Crippen molar-refractivity contribution in [1.82, 2.24) is 4.98 Å². The maximum Gasteiger partial charge on any atom is 0.261 e. The van der Waals surface area contributed by atoms with E-state index in [1.54, 1.807) is 11.6 Å². The summed E-state index contributed by atoms with van der Waals surface area (Å²) in [4.78, 5) is 15.8. The van der Waals surface area contributed by atoms with Crippen LogP contribution in [0.25, 0.3) is 0 Å². The van der Waals surface area contributed by atoms with Gasteiger partial charge in [-0.15, -0.1) is 11.3 Å². The van der Waals surface area contributed by atoms with Crippen molar-refractivity contribution in [3.8, 4) is 5.75 Å². The summed E-state index contributed by atoms with van der Waals surface area (Å²) in [6.07, 6.45) is 1.57. The van der Waals surface area contributed by atoms with Gasteiger partial charge in [-0.3, -0.25) is 10.1 Å². The average Bonchev–Trinajstić information content (AvgIpc) is 2.81. The molecule has 0 spiro atoms. The largest absolute Gasteiger partial charge is 0.496 e. The number of ether oxygens (including phenoxy) is 1. The number of aromatic nitrogens is 1. The second kappa shape index (κ2) is 4.92. The van der Waals surface area contributed by atoms with E-state index in [4.69, 9.17) is 4.74 Å². The molecular weight excluding hydrogens is 243 g/mol. The minimum absolute atomic E-state index is 0.141. The predicted molar refractivity (Wildman–Crippen MR) is 63.0 cm³/mol. The Hall–Kier alpha value is -1.95. The lowest BCUT2D eigenvalue weighted by atomic mass is 10.2. The van der Waals surface area contributed by atoms with Gasteiger partial charge >= 0.3 is 0 Å². The van der Waals surface area contributed by atoms with Crippen LogP contribution < -0.4 is 10.1 Å². The van der Waals surface area contributed by atoms with Crippen molar-refractivity contribution in [3.05, 3.63) is 41.2 Å². The van der Waals surface area contributed by atoms with Crippen LogP contribution in [-0.2, 0) is 0 Å². The van der Waals surface area contributed by atoms with Crippen LogP contribution in [0.1, 0.15) is 10.4 Å². The lowest BCUT2D eigenvalue weighted by Gasteiger charge is -2.07. The molecule has 0 radical (unpaired) electrons. The molecule has 1 N–H and O–H groups in total. The van der Waals surface area contributed by atoms with E-state index in [0.717, 1.165) is 6.07 Å². The monoisotopic (exact) mass is 252 g/mol. The van der Waals surface area contributed by atoms with Gasteiger partial charge in [0, 0.05) is 11.6 Å². The molecule has 0 aliphatic carbocycles. The number of benzene rings is 1. The summed E-state index contributed by atoms with van der Waals surface area (Å²) < 4.78 is 18.1. The van der Waals surface area contributed by atoms with Gasteiger partial charge in [-0.1, -0.05) is 0 Å². The molecule has 1 amide bonds. The van der Waals surface area contributed by atoms with Gasteiger partial charge in [0.05, 0.1) is 12.7 Å². The first-order valence-electron chi connectivity index (χ1n) is 4.75. The molecule has 1 heterocycles. The van der Waals surface area contributed by atoms with Crippen molar-refractivity contribution in [2.45, 2.75) is 0 Å². The SMILES string of the molecule is COc1ccc(F)cc1C(=O)Nc1nccs1. The zero-order valence-electron chi connectivity index (χ0n) is 8.94. The van der Waals surface area contributed by atoms with Gasteiger partial charge in [0.1, 0.15) is 11.6 Å². The minimum atomic E-state index is -0.491. The van der Waals surface area contributed by atoms with Crippen molar-refractivity contribution >= 4 is 22.4 Å². The second-order valence-corrected chi connectivity index (χ2v) is 4.03. The molecular formula is C11H9FN2O2S. The molecule has 0 saturated carbocycles. The van der Waals surface area contributed by atoms with E-state index in [9.17, 15) is 9.18 Å². The Morgan fingerprint density at radius 3 is 3.00 bits per heavy atom. The maximum atomic E-state index is 13.1. The lowest BCUT2D eigenvalue weighted by molar-refractivity contribution is 0.102. The van der Waals surface area contributed by atoms with Crippen LogP contribution in [0.3, 0.4) is 0 Å². The zero-order chi connectivity index (χ0) is 12.3. The van der Waals surface area contributed by atoms with Crippen LogP contribution in [0.4, 0.5) is 9.52 Å². The van der Waals surface area contributed by atoms with E-state index in [1.807, 2.05) is 0 Å². The first-order chi connectivity index (χ1) is 8.20. The van der Waals surface area contributed by atoms with Gasteiger partial charge in [-0.25, -0.2) is 9.37 Å². The van der Waals surface area contributed by atoms with Crippen molar-refractivity contribution in [1.29, 1.82) is 0 Å². The van der Waals surface area contributed by atoms with Gasteiger partial charge in [0.25, 0.3) is 5.91 Å². The highest BCUT2D eigenvalue weighted by atomic mass is 32.1. The number of nitrogens with one attached hydrogen (secondary N) is 1. The lowest BCUT2D eigenvalue weighted by Crippen LogP contribution is -2.13. The van der Waals surface area contributed by atoms with E-state index in [2.05, 4.69) is 10.3 Å². The quantitative estimate of drug-likeness (QED) is 0.913. The van der Waals surface area contributed by atoms with Crippen LogP contribution >= 0.6 is 11.3 Å². The van der Waals surface area contributed by atoms with Crippen LogP contribution in [-0.4, -0.2) is 18.0 Å². The van der Waals surface area contributed by atoms with Gasteiger partial charge in [-0.2, -0.15) is 0 Å². The molecule has 88 valence electrons. The topological polar surface area (TPSA) is 51.2 Å². The summed E-state index contributed by atoms with van der Waals surface area (Å²) in [7, 11) is 1.42. The highest BCUT2D eigenvalue weighted by Crippen LogP contribution is 2.21. The third-order valence-electron chi connectivity index (χ3n) is 2.06. The third kappa shape index (κ3) is 2.59. The number of carbonyl (C=O) groups is 1. The van der Waals surface area contributed by atoms with Gasteiger partial charge in [0.15, 0.2) is 5.13 Å². The minimum Gasteiger partial charge on any atom is -0.496 e. The Morgan fingerprint density at radius 1 is 1.53 bits per heavy atom. The molecule has 2 aromatic rings. The zero-order valence-corrected chi connectivity index (χ0v) is 9.75. The summed E-state index contributed by atoms with van der Waals surface area (Å²) in [6, 6.07) is 3.77. The van der Waals surface area contributed by atoms with Gasteiger partial charge in [-0.05, 0) is 18.2 Å². The molecule has 0 bridgehead atoms. The summed E-state index contributed by atoms with van der Waals surface area (Å²) in [6.45, 7) is 0.